The standard InChI is InChI=1S/C20H26FN3O5S2/c1-29-20-5-3-2-4-17(20)16-24(31(27,28)19-8-6-18(21)7-9-19)14-15-30(25,26)23-12-10-22-11-13-23/h2-9,22H,10-16H2,1H3. The average molecular weight is 472 g/mol. The molecule has 1 aliphatic heterocycles. The molecule has 1 N–H and O–H groups in total. The van der Waals surface area contributed by atoms with E-state index in [2.05, 4.69) is 5.32 Å². The van der Waals surface area contributed by atoms with Gasteiger partial charge in [0.05, 0.1) is 17.8 Å². The van der Waals surface area contributed by atoms with Gasteiger partial charge in [-0.05, 0) is 30.3 Å². The van der Waals surface area contributed by atoms with Gasteiger partial charge in [-0.2, -0.15) is 8.61 Å². The highest BCUT2D eigenvalue weighted by molar-refractivity contribution is 7.90. The van der Waals surface area contributed by atoms with E-state index in [0.29, 0.717) is 37.5 Å². The SMILES string of the molecule is COc1ccccc1CN(CCS(=O)(=O)N1CCNCC1)S(=O)(=O)c1ccc(F)cc1. The molecule has 11 heteroatoms. The number of hydrogen-bond acceptors (Lipinski definition) is 6. The monoisotopic (exact) mass is 471 g/mol. The molecule has 0 bridgehead atoms. The average Bonchev–Trinajstić information content (AvgIpc) is 2.77. The Hall–Kier alpha value is -2.05. The van der Waals surface area contributed by atoms with Gasteiger partial charge in [0, 0.05) is 44.8 Å². The number of piperazine rings is 1. The van der Waals surface area contributed by atoms with Crippen molar-refractivity contribution in [3.8, 4) is 5.75 Å². The van der Waals surface area contributed by atoms with Crippen molar-refractivity contribution in [3.63, 3.8) is 0 Å². The lowest BCUT2D eigenvalue weighted by atomic mass is 10.2. The zero-order chi connectivity index (χ0) is 22.5. The molecule has 2 aromatic rings. The van der Waals surface area contributed by atoms with Crippen LogP contribution in [0, 0.1) is 5.82 Å². The van der Waals surface area contributed by atoms with E-state index < -0.39 is 25.9 Å². The van der Waals surface area contributed by atoms with Crippen molar-refractivity contribution in [2.24, 2.45) is 0 Å². The lowest BCUT2D eigenvalue weighted by molar-refractivity contribution is 0.354. The zero-order valence-electron chi connectivity index (χ0n) is 17.2. The summed E-state index contributed by atoms with van der Waals surface area (Å²) in [5.74, 6) is -0.425. The van der Waals surface area contributed by atoms with Gasteiger partial charge in [0.2, 0.25) is 20.0 Å². The van der Waals surface area contributed by atoms with Crippen LogP contribution in [0.4, 0.5) is 4.39 Å². The minimum atomic E-state index is -4.08. The first-order valence-electron chi connectivity index (χ1n) is 9.80. The summed E-state index contributed by atoms with van der Waals surface area (Å²) in [6.45, 7) is 1.47. The number of rotatable bonds is 9. The van der Waals surface area contributed by atoms with E-state index >= 15 is 0 Å². The van der Waals surface area contributed by atoms with Crippen LogP contribution < -0.4 is 10.1 Å². The van der Waals surface area contributed by atoms with Crippen molar-refractivity contribution < 1.29 is 26.0 Å². The molecular formula is C20H26FN3O5S2. The van der Waals surface area contributed by atoms with Gasteiger partial charge in [-0.25, -0.2) is 21.2 Å². The molecule has 0 amide bonds. The number of nitrogens with zero attached hydrogens (tertiary/aromatic N) is 2. The summed E-state index contributed by atoms with van der Waals surface area (Å²) in [4.78, 5) is -0.108. The fourth-order valence-corrected chi connectivity index (χ4v) is 6.31. The molecule has 1 saturated heterocycles. The molecule has 0 radical (unpaired) electrons. The molecule has 2 aromatic carbocycles. The van der Waals surface area contributed by atoms with Gasteiger partial charge in [0.25, 0.3) is 0 Å². The summed E-state index contributed by atoms with van der Waals surface area (Å²) >= 11 is 0. The van der Waals surface area contributed by atoms with Crippen molar-refractivity contribution in [2.75, 3.05) is 45.6 Å². The maximum Gasteiger partial charge on any atom is 0.243 e. The van der Waals surface area contributed by atoms with E-state index in [1.807, 2.05) is 0 Å². The van der Waals surface area contributed by atoms with Crippen LogP contribution in [-0.2, 0) is 26.6 Å². The molecule has 0 spiro atoms. The Morgan fingerprint density at radius 1 is 1.03 bits per heavy atom. The first-order chi connectivity index (χ1) is 14.7. The summed E-state index contributed by atoms with van der Waals surface area (Å²) < 4.78 is 73.2. The third-order valence-corrected chi connectivity index (χ3v) is 8.77. The van der Waals surface area contributed by atoms with Crippen molar-refractivity contribution >= 4 is 20.0 Å². The topological polar surface area (TPSA) is 96.0 Å². The Labute approximate surface area is 182 Å². The second-order valence-corrected chi connectivity index (χ2v) is 11.1. The molecule has 1 heterocycles. The van der Waals surface area contributed by atoms with Gasteiger partial charge in [-0.1, -0.05) is 18.2 Å². The number of hydrogen-bond donors (Lipinski definition) is 1. The lowest BCUT2D eigenvalue weighted by Gasteiger charge is -2.28. The van der Waals surface area contributed by atoms with Crippen LogP contribution in [0.15, 0.2) is 53.4 Å². The Bertz CT molecular complexity index is 1090. The van der Waals surface area contributed by atoms with Crippen LogP contribution in [0.25, 0.3) is 0 Å². The highest BCUT2D eigenvalue weighted by Gasteiger charge is 2.30. The van der Waals surface area contributed by atoms with Crippen LogP contribution in [0.2, 0.25) is 0 Å². The maximum atomic E-state index is 13.3. The summed E-state index contributed by atoms with van der Waals surface area (Å²) in [5.41, 5.74) is 0.593. The molecule has 31 heavy (non-hydrogen) atoms. The third-order valence-electron chi connectivity index (χ3n) is 5.06. The normalized spacial score (nSPS) is 15.8. The van der Waals surface area contributed by atoms with Gasteiger partial charge in [-0.3, -0.25) is 0 Å². The largest absolute Gasteiger partial charge is 0.496 e. The maximum absolute atomic E-state index is 13.3. The van der Waals surface area contributed by atoms with Gasteiger partial charge < -0.3 is 10.1 Å². The summed E-state index contributed by atoms with van der Waals surface area (Å²) in [7, 11) is -6.24. The number of benzene rings is 2. The Morgan fingerprint density at radius 2 is 1.68 bits per heavy atom. The van der Waals surface area contributed by atoms with Crippen LogP contribution in [0.5, 0.6) is 5.75 Å². The predicted octanol–water partition coefficient (Wildman–Crippen LogP) is 1.26. The Balaban J connectivity index is 1.89. The van der Waals surface area contributed by atoms with Crippen LogP contribution in [-0.4, -0.2) is 71.0 Å². The fraction of sp³-hybridized carbons (Fsp3) is 0.400. The highest BCUT2D eigenvalue weighted by atomic mass is 32.2. The van der Waals surface area contributed by atoms with E-state index in [1.54, 1.807) is 24.3 Å². The van der Waals surface area contributed by atoms with Gasteiger partial charge in [0.1, 0.15) is 11.6 Å². The van der Waals surface area contributed by atoms with Gasteiger partial charge in [-0.15, -0.1) is 0 Å². The quantitative estimate of drug-likeness (QED) is 0.592. The molecule has 0 aromatic heterocycles. The molecule has 1 fully saturated rings. The number of methoxy groups -OCH3 is 1. The molecule has 3 rings (SSSR count). The number of halogens is 1. The second-order valence-electron chi connectivity index (χ2n) is 7.07. The van der Waals surface area contributed by atoms with Crippen molar-refractivity contribution in [2.45, 2.75) is 11.4 Å². The zero-order valence-corrected chi connectivity index (χ0v) is 18.8. The van der Waals surface area contributed by atoms with Gasteiger partial charge >= 0.3 is 0 Å². The summed E-state index contributed by atoms with van der Waals surface area (Å²) in [6, 6.07) is 11.4. The van der Waals surface area contributed by atoms with Crippen molar-refractivity contribution in [1.82, 2.24) is 13.9 Å². The first-order valence-corrected chi connectivity index (χ1v) is 12.8. The number of sulfonamides is 2. The van der Waals surface area contributed by atoms with E-state index in [1.165, 1.54) is 23.5 Å². The number of nitrogens with one attached hydrogen (secondary N) is 1. The number of para-hydroxylation sites is 1. The molecule has 170 valence electrons. The van der Waals surface area contributed by atoms with Gasteiger partial charge in [0.15, 0.2) is 0 Å². The summed E-state index contributed by atoms with van der Waals surface area (Å²) in [6.07, 6.45) is 0. The first kappa shape index (κ1) is 23.6. The van der Waals surface area contributed by atoms with E-state index in [0.717, 1.165) is 16.4 Å². The molecule has 1 aliphatic rings. The van der Waals surface area contributed by atoms with Crippen LogP contribution in [0.3, 0.4) is 0 Å². The van der Waals surface area contributed by atoms with Crippen molar-refractivity contribution in [1.29, 1.82) is 0 Å². The molecule has 0 aliphatic carbocycles. The Morgan fingerprint density at radius 3 is 2.32 bits per heavy atom. The highest BCUT2D eigenvalue weighted by Crippen LogP contribution is 2.24. The van der Waals surface area contributed by atoms with Crippen LogP contribution in [0.1, 0.15) is 5.56 Å². The second kappa shape index (κ2) is 10.0. The van der Waals surface area contributed by atoms with Crippen molar-refractivity contribution in [3.05, 3.63) is 59.9 Å². The third kappa shape index (κ3) is 5.80. The fourth-order valence-electron chi connectivity index (χ4n) is 3.33. The minimum Gasteiger partial charge on any atom is -0.496 e. The minimum absolute atomic E-state index is 0.0825. The van der Waals surface area contributed by atoms with E-state index in [-0.39, 0.29) is 23.7 Å². The molecule has 8 nitrogen and oxygen atoms in total. The van der Waals surface area contributed by atoms with E-state index in [4.69, 9.17) is 4.74 Å². The summed E-state index contributed by atoms with van der Waals surface area (Å²) in [5, 5.41) is 3.09. The number of ether oxygens (including phenoxy) is 1. The molecule has 0 unspecified atom stereocenters. The Kier molecular flexibility index (Phi) is 7.65. The molecule has 0 saturated carbocycles. The lowest BCUT2D eigenvalue weighted by Crippen LogP contribution is -2.48. The van der Waals surface area contributed by atoms with E-state index in [9.17, 15) is 21.2 Å². The molecular weight excluding hydrogens is 445 g/mol. The smallest absolute Gasteiger partial charge is 0.243 e. The predicted molar refractivity (Wildman–Crippen MR) is 115 cm³/mol. The molecule has 0 atom stereocenters. The van der Waals surface area contributed by atoms with Crippen LogP contribution >= 0.6 is 0 Å².